The Morgan fingerprint density at radius 3 is 2.65 bits per heavy atom. The summed E-state index contributed by atoms with van der Waals surface area (Å²) in [6, 6.07) is 2.81. The lowest BCUT2D eigenvalue weighted by atomic mass is 9.95. The second kappa shape index (κ2) is 5.20. The van der Waals surface area contributed by atoms with E-state index in [2.05, 4.69) is 4.98 Å². The molecule has 1 unspecified atom stereocenters. The molecule has 1 amide bonds. The van der Waals surface area contributed by atoms with Gasteiger partial charge >= 0.3 is 5.97 Å². The molecule has 1 aliphatic heterocycles. The van der Waals surface area contributed by atoms with Crippen LogP contribution in [0, 0.1) is 6.92 Å². The third-order valence-electron chi connectivity index (χ3n) is 3.50. The fourth-order valence-corrected chi connectivity index (χ4v) is 2.46. The fourth-order valence-electron chi connectivity index (χ4n) is 2.46. The Kier molecular flexibility index (Phi) is 3.76. The molecule has 1 aliphatic rings. The largest absolute Gasteiger partial charge is 0.478 e. The highest BCUT2D eigenvalue weighted by atomic mass is 16.4. The Labute approximate surface area is 117 Å². The summed E-state index contributed by atoms with van der Waals surface area (Å²) < 4.78 is 0. The summed E-state index contributed by atoms with van der Waals surface area (Å²) in [6.45, 7) is 4.12. The second-order valence-corrected chi connectivity index (χ2v) is 5.46. The van der Waals surface area contributed by atoms with Crippen molar-refractivity contribution in [1.82, 2.24) is 9.88 Å². The van der Waals surface area contributed by atoms with E-state index in [1.165, 1.54) is 12.1 Å². The summed E-state index contributed by atoms with van der Waals surface area (Å²) >= 11 is 0. The molecule has 20 heavy (non-hydrogen) atoms. The fraction of sp³-hybridized carbons (Fsp3) is 0.500. The maximum absolute atomic E-state index is 12.3. The van der Waals surface area contributed by atoms with Crippen molar-refractivity contribution in [3.63, 3.8) is 0 Å². The minimum Gasteiger partial charge on any atom is -0.478 e. The highest BCUT2D eigenvalue weighted by molar-refractivity contribution is 5.94. The third-order valence-corrected chi connectivity index (χ3v) is 3.50. The molecule has 1 atom stereocenters. The van der Waals surface area contributed by atoms with Crippen molar-refractivity contribution in [2.45, 2.75) is 32.3 Å². The maximum Gasteiger partial charge on any atom is 0.337 e. The highest BCUT2D eigenvalue weighted by Gasteiger charge is 2.31. The number of aryl methyl sites for hydroxylation is 1. The lowest BCUT2D eigenvalue weighted by molar-refractivity contribution is -0.0109. The van der Waals surface area contributed by atoms with Crippen LogP contribution in [-0.2, 0) is 0 Å². The van der Waals surface area contributed by atoms with Crippen LogP contribution in [0.1, 0.15) is 46.3 Å². The average molecular weight is 278 g/mol. The molecule has 2 N–H and O–H groups in total. The first-order valence-corrected chi connectivity index (χ1v) is 6.53. The zero-order valence-corrected chi connectivity index (χ0v) is 11.6. The molecule has 0 spiro atoms. The van der Waals surface area contributed by atoms with Gasteiger partial charge in [0.05, 0.1) is 16.9 Å². The van der Waals surface area contributed by atoms with Crippen molar-refractivity contribution in [3.05, 3.63) is 29.1 Å². The van der Waals surface area contributed by atoms with Crippen molar-refractivity contribution in [2.75, 3.05) is 13.1 Å². The summed E-state index contributed by atoms with van der Waals surface area (Å²) in [4.78, 5) is 28.9. The van der Waals surface area contributed by atoms with Gasteiger partial charge in [0.2, 0.25) is 0 Å². The van der Waals surface area contributed by atoms with Crippen LogP contribution in [0.4, 0.5) is 0 Å². The van der Waals surface area contributed by atoms with Crippen LogP contribution >= 0.6 is 0 Å². The number of hydrogen-bond donors (Lipinski definition) is 2. The van der Waals surface area contributed by atoms with E-state index in [9.17, 15) is 14.7 Å². The number of nitrogens with zero attached hydrogens (tertiary/aromatic N) is 2. The molecule has 0 bridgehead atoms. The molecule has 1 aromatic heterocycles. The van der Waals surface area contributed by atoms with E-state index < -0.39 is 11.6 Å². The number of rotatable bonds is 2. The van der Waals surface area contributed by atoms with Crippen molar-refractivity contribution < 1.29 is 19.8 Å². The Hall–Kier alpha value is -1.95. The van der Waals surface area contributed by atoms with Gasteiger partial charge in [0.15, 0.2) is 0 Å². The molecule has 1 aromatic rings. The predicted molar refractivity (Wildman–Crippen MR) is 71.7 cm³/mol. The van der Waals surface area contributed by atoms with Gasteiger partial charge < -0.3 is 15.1 Å². The second-order valence-electron chi connectivity index (χ2n) is 5.46. The van der Waals surface area contributed by atoms with E-state index in [1.807, 2.05) is 0 Å². The molecule has 0 aromatic carbocycles. The Balaban J connectivity index is 2.21. The van der Waals surface area contributed by atoms with E-state index in [0.29, 0.717) is 18.7 Å². The van der Waals surface area contributed by atoms with E-state index in [4.69, 9.17) is 5.11 Å². The molecule has 6 nitrogen and oxygen atoms in total. The van der Waals surface area contributed by atoms with Crippen LogP contribution in [0.5, 0.6) is 0 Å². The first-order valence-electron chi connectivity index (χ1n) is 6.53. The molecular weight excluding hydrogens is 260 g/mol. The van der Waals surface area contributed by atoms with Crippen LogP contribution in [0.3, 0.4) is 0 Å². The van der Waals surface area contributed by atoms with E-state index >= 15 is 0 Å². The number of carboxylic acid groups (broad SMARTS) is 1. The van der Waals surface area contributed by atoms with Crippen molar-refractivity contribution in [2.24, 2.45) is 0 Å². The predicted octanol–water partition coefficient (Wildman–Crippen LogP) is 1.08. The summed E-state index contributed by atoms with van der Waals surface area (Å²) in [7, 11) is 0. The van der Waals surface area contributed by atoms with Crippen LogP contribution in [0.25, 0.3) is 0 Å². The number of piperidine rings is 1. The number of carbonyl (C=O) groups is 2. The molecule has 108 valence electrons. The summed E-state index contributed by atoms with van der Waals surface area (Å²) in [6.07, 6.45) is 1.41. The lowest BCUT2D eigenvalue weighted by Crippen LogP contribution is -2.48. The number of likely N-dealkylation sites (tertiary alicyclic amines) is 1. The van der Waals surface area contributed by atoms with Gasteiger partial charge in [0.1, 0.15) is 5.69 Å². The van der Waals surface area contributed by atoms with Crippen LogP contribution in [-0.4, -0.2) is 50.7 Å². The number of β-amino-alcohol motifs (C(OH)–C–C–N with tert-alkyl or cyclic N) is 1. The Bertz CT molecular complexity index is 554. The normalized spacial score (nSPS) is 22.6. The van der Waals surface area contributed by atoms with Gasteiger partial charge in [-0.25, -0.2) is 9.78 Å². The molecular formula is C14H18N2O4. The van der Waals surface area contributed by atoms with Crippen molar-refractivity contribution >= 4 is 11.9 Å². The number of aromatic carboxylic acids is 1. The van der Waals surface area contributed by atoms with E-state index in [-0.39, 0.29) is 23.7 Å². The quantitative estimate of drug-likeness (QED) is 0.844. The van der Waals surface area contributed by atoms with Crippen molar-refractivity contribution in [1.29, 1.82) is 0 Å². The van der Waals surface area contributed by atoms with Gasteiger partial charge in [-0.05, 0) is 38.8 Å². The number of aromatic nitrogens is 1. The van der Waals surface area contributed by atoms with Crippen molar-refractivity contribution in [3.8, 4) is 0 Å². The van der Waals surface area contributed by atoms with E-state index in [1.54, 1.807) is 18.7 Å². The Morgan fingerprint density at radius 1 is 1.40 bits per heavy atom. The number of pyridine rings is 1. The van der Waals surface area contributed by atoms with Gasteiger partial charge in [0.25, 0.3) is 5.91 Å². The molecule has 2 rings (SSSR count). The number of hydrogen-bond acceptors (Lipinski definition) is 4. The van der Waals surface area contributed by atoms with Gasteiger partial charge in [-0.2, -0.15) is 0 Å². The smallest absolute Gasteiger partial charge is 0.337 e. The van der Waals surface area contributed by atoms with Gasteiger partial charge in [-0.1, -0.05) is 0 Å². The van der Waals surface area contributed by atoms with Crippen LogP contribution in [0.2, 0.25) is 0 Å². The Morgan fingerprint density at radius 2 is 2.10 bits per heavy atom. The summed E-state index contributed by atoms with van der Waals surface area (Å²) in [5.74, 6) is -1.33. The number of aliphatic hydroxyl groups is 1. The minimum atomic E-state index is -1.06. The number of carbonyl (C=O) groups excluding carboxylic acids is 1. The number of carboxylic acids is 1. The highest BCUT2D eigenvalue weighted by Crippen LogP contribution is 2.21. The molecule has 0 aliphatic carbocycles. The lowest BCUT2D eigenvalue weighted by Gasteiger charge is -2.36. The monoisotopic (exact) mass is 278 g/mol. The average Bonchev–Trinajstić information content (AvgIpc) is 2.36. The van der Waals surface area contributed by atoms with E-state index in [0.717, 1.165) is 6.42 Å². The zero-order valence-electron chi connectivity index (χ0n) is 11.6. The molecule has 1 fully saturated rings. The third kappa shape index (κ3) is 2.96. The standard InChI is InChI=1S/C14H18N2O4/c1-9-10(13(18)19)4-5-11(15-9)12(17)16-7-3-6-14(2,20)8-16/h4-5,20H,3,6-8H2,1-2H3,(H,18,19). The maximum atomic E-state index is 12.3. The molecule has 6 heteroatoms. The first-order chi connectivity index (χ1) is 9.30. The SMILES string of the molecule is Cc1nc(C(=O)N2CCCC(C)(O)C2)ccc1C(=O)O. The van der Waals surface area contributed by atoms with Gasteiger partial charge in [0, 0.05) is 13.1 Å². The molecule has 2 heterocycles. The zero-order chi connectivity index (χ0) is 14.9. The topological polar surface area (TPSA) is 90.7 Å². The minimum absolute atomic E-state index is 0.0900. The summed E-state index contributed by atoms with van der Waals surface area (Å²) in [5, 5.41) is 19.0. The molecule has 1 saturated heterocycles. The first kappa shape index (κ1) is 14.5. The van der Waals surface area contributed by atoms with Gasteiger partial charge in [-0.15, -0.1) is 0 Å². The number of amides is 1. The molecule has 0 saturated carbocycles. The summed E-state index contributed by atoms with van der Waals surface area (Å²) in [5.41, 5.74) is -0.256. The molecule has 0 radical (unpaired) electrons. The van der Waals surface area contributed by atoms with Crippen LogP contribution in [0.15, 0.2) is 12.1 Å². The van der Waals surface area contributed by atoms with Crippen LogP contribution < -0.4 is 0 Å². The van der Waals surface area contributed by atoms with Gasteiger partial charge in [-0.3, -0.25) is 4.79 Å².